The van der Waals surface area contributed by atoms with Gasteiger partial charge in [-0.05, 0) is 5.39 Å². The van der Waals surface area contributed by atoms with Gasteiger partial charge in [-0.25, -0.2) is 4.79 Å². The molecule has 3 rings (SSSR count). The standard InChI is InChI=1S/C16H14O4/c1-18-16(19-2)13-9-14(17)20-15-11-6-4-3-5-10(11)7-8-12(13)15/h3-9,16H,1-2H3. The molecule has 0 bridgehead atoms. The predicted molar refractivity (Wildman–Crippen MR) is 76.7 cm³/mol. The Morgan fingerprint density at radius 1 is 1.00 bits per heavy atom. The van der Waals surface area contributed by atoms with E-state index in [4.69, 9.17) is 13.9 Å². The molecule has 0 aliphatic carbocycles. The van der Waals surface area contributed by atoms with Gasteiger partial charge in [-0.3, -0.25) is 0 Å². The Hall–Kier alpha value is -2.17. The van der Waals surface area contributed by atoms with E-state index in [9.17, 15) is 4.79 Å². The third kappa shape index (κ3) is 1.99. The lowest BCUT2D eigenvalue weighted by molar-refractivity contribution is -0.105. The Bertz CT molecular complexity index is 815. The second kappa shape index (κ2) is 5.07. The van der Waals surface area contributed by atoms with Crippen molar-refractivity contribution in [2.45, 2.75) is 6.29 Å². The van der Waals surface area contributed by atoms with Crippen LogP contribution in [-0.2, 0) is 9.47 Å². The zero-order valence-corrected chi connectivity index (χ0v) is 11.3. The van der Waals surface area contributed by atoms with Gasteiger partial charge >= 0.3 is 5.63 Å². The number of methoxy groups -OCH3 is 2. The Balaban J connectivity index is 2.43. The van der Waals surface area contributed by atoms with Crippen molar-refractivity contribution in [3.63, 3.8) is 0 Å². The van der Waals surface area contributed by atoms with Gasteiger partial charge in [0, 0.05) is 36.6 Å². The minimum absolute atomic E-state index is 0.414. The first kappa shape index (κ1) is 12.8. The number of hydrogen-bond donors (Lipinski definition) is 0. The van der Waals surface area contributed by atoms with Crippen molar-refractivity contribution in [3.8, 4) is 0 Å². The number of ether oxygens (including phenoxy) is 2. The minimum Gasteiger partial charge on any atom is -0.422 e. The Kier molecular flexibility index (Phi) is 3.26. The first-order valence-electron chi connectivity index (χ1n) is 6.25. The summed E-state index contributed by atoms with van der Waals surface area (Å²) < 4.78 is 15.9. The average Bonchev–Trinajstić information content (AvgIpc) is 2.48. The fourth-order valence-electron chi connectivity index (χ4n) is 2.46. The molecule has 1 heterocycles. The number of benzene rings is 2. The van der Waals surface area contributed by atoms with Crippen molar-refractivity contribution in [2.24, 2.45) is 0 Å². The van der Waals surface area contributed by atoms with Crippen LogP contribution in [0.15, 0.2) is 51.7 Å². The molecule has 0 aliphatic heterocycles. The zero-order valence-electron chi connectivity index (χ0n) is 11.3. The number of hydrogen-bond acceptors (Lipinski definition) is 4. The van der Waals surface area contributed by atoms with Crippen molar-refractivity contribution < 1.29 is 13.9 Å². The van der Waals surface area contributed by atoms with Crippen molar-refractivity contribution in [1.82, 2.24) is 0 Å². The van der Waals surface area contributed by atoms with Gasteiger partial charge in [-0.1, -0.05) is 36.4 Å². The molecule has 4 nitrogen and oxygen atoms in total. The average molecular weight is 270 g/mol. The summed E-state index contributed by atoms with van der Waals surface area (Å²) in [5.74, 6) is 0. The molecule has 0 saturated carbocycles. The second-order valence-corrected chi connectivity index (χ2v) is 4.49. The highest BCUT2D eigenvalue weighted by atomic mass is 16.7. The van der Waals surface area contributed by atoms with Gasteiger partial charge in [0.2, 0.25) is 0 Å². The quantitative estimate of drug-likeness (QED) is 0.416. The molecule has 4 heteroatoms. The lowest BCUT2D eigenvalue weighted by Crippen LogP contribution is -2.09. The molecule has 0 aliphatic rings. The monoisotopic (exact) mass is 270 g/mol. The lowest BCUT2D eigenvalue weighted by Gasteiger charge is -2.15. The molecule has 0 atom stereocenters. The van der Waals surface area contributed by atoms with Crippen molar-refractivity contribution in [1.29, 1.82) is 0 Å². The first-order chi connectivity index (χ1) is 9.74. The third-order valence-electron chi connectivity index (χ3n) is 3.35. The summed E-state index contributed by atoms with van der Waals surface area (Å²) in [6, 6.07) is 13.1. The van der Waals surface area contributed by atoms with E-state index in [-0.39, 0.29) is 0 Å². The summed E-state index contributed by atoms with van der Waals surface area (Å²) in [6.07, 6.45) is -0.595. The van der Waals surface area contributed by atoms with Gasteiger partial charge in [-0.15, -0.1) is 0 Å². The highest BCUT2D eigenvalue weighted by molar-refractivity contribution is 6.04. The topological polar surface area (TPSA) is 48.7 Å². The predicted octanol–water partition coefficient (Wildman–Crippen LogP) is 3.24. The van der Waals surface area contributed by atoms with E-state index in [1.54, 1.807) is 0 Å². The summed E-state index contributed by atoms with van der Waals surface area (Å²) in [5, 5.41) is 2.73. The van der Waals surface area contributed by atoms with Crippen LogP contribution >= 0.6 is 0 Å². The van der Waals surface area contributed by atoms with Crippen LogP contribution in [0.3, 0.4) is 0 Å². The van der Waals surface area contributed by atoms with E-state index in [0.717, 1.165) is 16.2 Å². The molecule has 0 radical (unpaired) electrons. The van der Waals surface area contributed by atoms with Gasteiger partial charge in [0.05, 0.1) is 0 Å². The smallest absolute Gasteiger partial charge is 0.336 e. The van der Waals surface area contributed by atoms with Gasteiger partial charge < -0.3 is 13.9 Å². The molecular weight excluding hydrogens is 256 g/mol. The van der Waals surface area contributed by atoms with Crippen molar-refractivity contribution >= 4 is 21.7 Å². The summed E-state index contributed by atoms with van der Waals surface area (Å²) in [7, 11) is 3.07. The highest BCUT2D eigenvalue weighted by Gasteiger charge is 2.16. The largest absolute Gasteiger partial charge is 0.422 e. The molecule has 0 spiro atoms. The van der Waals surface area contributed by atoms with Crippen LogP contribution in [0.25, 0.3) is 21.7 Å². The summed E-state index contributed by atoms with van der Waals surface area (Å²) in [5.41, 5.74) is 0.819. The maximum Gasteiger partial charge on any atom is 0.336 e. The van der Waals surface area contributed by atoms with E-state index in [1.165, 1.54) is 20.3 Å². The van der Waals surface area contributed by atoms with Crippen LogP contribution in [0.1, 0.15) is 11.9 Å². The van der Waals surface area contributed by atoms with E-state index >= 15 is 0 Å². The normalized spacial score (nSPS) is 11.6. The van der Waals surface area contributed by atoms with Gasteiger partial charge in [-0.2, -0.15) is 0 Å². The molecular formula is C16H14O4. The third-order valence-corrected chi connectivity index (χ3v) is 3.35. The second-order valence-electron chi connectivity index (χ2n) is 4.49. The van der Waals surface area contributed by atoms with E-state index < -0.39 is 11.9 Å². The molecule has 0 unspecified atom stereocenters. The van der Waals surface area contributed by atoms with Crippen LogP contribution in [-0.4, -0.2) is 14.2 Å². The van der Waals surface area contributed by atoms with Crippen LogP contribution < -0.4 is 5.63 Å². The molecule has 0 amide bonds. The fraction of sp³-hybridized carbons (Fsp3) is 0.188. The SMILES string of the molecule is COC(OC)c1cc(=O)oc2c1ccc1ccccc12. The van der Waals surface area contributed by atoms with E-state index in [1.807, 2.05) is 36.4 Å². The molecule has 3 aromatic rings. The van der Waals surface area contributed by atoms with Crippen LogP contribution in [0.2, 0.25) is 0 Å². The summed E-state index contributed by atoms with van der Waals surface area (Å²) in [4.78, 5) is 11.8. The van der Waals surface area contributed by atoms with Gasteiger partial charge in [0.15, 0.2) is 6.29 Å². The Labute approximate surface area is 115 Å². The Morgan fingerprint density at radius 3 is 2.50 bits per heavy atom. The minimum atomic E-state index is -0.595. The Morgan fingerprint density at radius 2 is 1.75 bits per heavy atom. The van der Waals surface area contributed by atoms with Gasteiger partial charge in [0.1, 0.15) is 5.58 Å². The van der Waals surface area contributed by atoms with Crippen LogP contribution in [0, 0.1) is 0 Å². The maximum absolute atomic E-state index is 11.8. The molecule has 0 saturated heterocycles. The summed E-state index contributed by atoms with van der Waals surface area (Å²) in [6.45, 7) is 0. The maximum atomic E-state index is 11.8. The van der Waals surface area contributed by atoms with E-state index in [2.05, 4.69) is 0 Å². The molecule has 20 heavy (non-hydrogen) atoms. The molecule has 0 fully saturated rings. The number of fused-ring (bicyclic) bond motifs is 3. The van der Waals surface area contributed by atoms with E-state index in [0.29, 0.717) is 11.1 Å². The number of rotatable bonds is 3. The van der Waals surface area contributed by atoms with Crippen molar-refractivity contribution in [3.05, 3.63) is 58.4 Å². The van der Waals surface area contributed by atoms with Gasteiger partial charge in [0.25, 0.3) is 0 Å². The van der Waals surface area contributed by atoms with Crippen LogP contribution in [0.4, 0.5) is 0 Å². The highest BCUT2D eigenvalue weighted by Crippen LogP contribution is 2.30. The fourth-order valence-corrected chi connectivity index (χ4v) is 2.46. The lowest BCUT2D eigenvalue weighted by atomic mass is 10.0. The molecule has 102 valence electrons. The summed E-state index contributed by atoms with van der Waals surface area (Å²) >= 11 is 0. The van der Waals surface area contributed by atoms with Crippen molar-refractivity contribution in [2.75, 3.05) is 14.2 Å². The van der Waals surface area contributed by atoms with Crippen LogP contribution in [0.5, 0.6) is 0 Å². The molecule has 1 aromatic heterocycles. The molecule has 2 aromatic carbocycles. The molecule has 0 N–H and O–H groups in total. The zero-order chi connectivity index (χ0) is 14.1. The first-order valence-corrected chi connectivity index (χ1v) is 6.25.